The molecule has 4 rings (SSSR count). The molecule has 0 saturated carbocycles. The van der Waals surface area contributed by atoms with Gasteiger partial charge in [0, 0.05) is 43.4 Å². The van der Waals surface area contributed by atoms with Crippen LogP contribution in [0.25, 0.3) is 11.3 Å². The molecule has 0 saturated heterocycles. The van der Waals surface area contributed by atoms with Crippen molar-refractivity contribution in [2.75, 3.05) is 32.8 Å². The van der Waals surface area contributed by atoms with E-state index in [0.29, 0.717) is 62.5 Å². The maximum absolute atomic E-state index is 13.2. The summed E-state index contributed by atoms with van der Waals surface area (Å²) in [5.41, 5.74) is 1.54. The highest BCUT2D eigenvalue weighted by Crippen LogP contribution is 2.20. The number of amides is 3. The summed E-state index contributed by atoms with van der Waals surface area (Å²) in [7, 11) is 0. The van der Waals surface area contributed by atoms with Gasteiger partial charge in [0.05, 0.1) is 12.7 Å². The van der Waals surface area contributed by atoms with Gasteiger partial charge in [-0.25, -0.2) is 9.97 Å². The second-order valence-corrected chi connectivity index (χ2v) is 8.00. The number of fused-ring (bicyclic) bond motifs is 1. The number of nitrogens with one attached hydrogen (secondary N) is 2. The first-order valence-corrected chi connectivity index (χ1v) is 11.5. The maximum Gasteiger partial charge on any atom is 0.273 e. The van der Waals surface area contributed by atoms with Gasteiger partial charge in [-0.3, -0.25) is 14.4 Å². The van der Waals surface area contributed by atoms with E-state index in [0.717, 1.165) is 5.56 Å². The van der Waals surface area contributed by atoms with Gasteiger partial charge in [0.25, 0.3) is 11.8 Å². The third-order valence-corrected chi connectivity index (χ3v) is 5.53. The highest BCUT2D eigenvalue weighted by Gasteiger charge is 2.18. The number of benzene rings is 1. The summed E-state index contributed by atoms with van der Waals surface area (Å²) in [5.74, 6) is 0.378. The molecule has 3 amide bonds. The molecule has 1 aromatic carbocycles. The van der Waals surface area contributed by atoms with Gasteiger partial charge in [-0.2, -0.15) is 0 Å². The molecule has 1 aliphatic heterocycles. The Bertz CT molecular complexity index is 1150. The number of rotatable bonds is 2. The van der Waals surface area contributed by atoms with E-state index in [-0.39, 0.29) is 30.0 Å². The molecule has 0 radical (unpaired) electrons. The van der Waals surface area contributed by atoms with Crippen LogP contribution in [0.15, 0.2) is 59.6 Å². The lowest BCUT2D eigenvalue weighted by atomic mass is 10.1. The normalized spacial score (nSPS) is 15.9. The zero-order valence-electron chi connectivity index (χ0n) is 19.2. The fraction of sp³-hybridized carbons (Fsp3) is 0.320. The largest absolute Gasteiger partial charge is 0.489 e. The molecule has 0 bridgehead atoms. The third kappa shape index (κ3) is 6.44. The van der Waals surface area contributed by atoms with Gasteiger partial charge in [0.1, 0.15) is 6.61 Å². The summed E-state index contributed by atoms with van der Waals surface area (Å²) < 4.78 is 10.9. The number of pyridine rings is 1. The van der Waals surface area contributed by atoms with Crippen molar-refractivity contribution in [2.45, 2.75) is 19.3 Å². The van der Waals surface area contributed by atoms with Gasteiger partial charge in [-0.05, 0) is 37.1 Å². The Labute approximate surface area is 202 Å². The van der Waals surface area contributed by atoms with Crippen LogP contribution in [0.2, 0.25) is 0 Å². The van der Waals surface area contributed by atoms with Crippen molar-refractivity contribution in [1.29, 1.82) is 0 Å². The molecule has 182 valence electrons. The van der Waals surface area contributed by atoms with Crippen LogP contribution in [-0.4, -0.2) is 65.4 Å². The molecule has 0 fully saturated rings. The maximum atomic E-state index is 13.2. The molecule has 3 aromatic rings. The van der Waals surface area contributed by atoms with Crippen molar-refractivity contribution in [3.05, 3.63) is 66.4 Å². The highest BCUT2D eigenvalue weighted by molar-refractivity contribution is 5.95. The van der Waals surface area contributed by atoms with Gasteiger partial charge >= 0.3 is 0 Å². The predicted molar refractivity (Wildman–Crippen MR) is 127 cm³/mol. The Morgan fingerprint density at radius 2 is 1.83 bits per heavy atom. The number of nitrogens with zero attached hydrogens (tertiary/aromatic N) is 3. The van der Waals surface area contributed by atoms with Crippen molar-refractivity contribution in [2.24, 2.45) is 0 Å². The minimum atomic E-state index is -0.349. The van der Waals surface area contributed by atoms with E-state index in [1.165, 1.54) is 12.6 Å². The third-order valence-electron chi connectivity index (χ3n) is 5.53. The van der Waals surface area contributed by atoms with Crippen LogP contribution in [0.1, 0.15) is 40.1 Å². The van der Waals surface area contributed by atoms with Crippen LogP contribution in [0.5, 0.6) is 5.75 Å². The Hall–Kier alpha value is -4.21. The Balaban J connectivity index is 1.44. The van der Waals surface area contributed by atoms with Crippen molar-refractivity contribution in [3.8, 4) is 17.1 Å². The molecule has 35 heavy (non-hydrogen) atoms. The van der Waals surface area contributed by atoms with Crippen molar-refractivity contribution >= 4 is 17.7 Å². The van der Waals surface area contributed by atoms with Crippen molar-refractivity contribution in [1.82, 2.24) is 25.5 Å². The van der Waals surface area contributed by atoms with E-state index >= 15 is 0 Å². The molecule has 0 aliphatic carbocycles. The lowest BCUT2D eigenvalue weighted by Crippen LogP contribution is -2.36. The second-order valence-electron chi connectivity index (χ2n) is 8.00. The molecule has 0 spiro atoms. The Morgan fingerprint density at radius 1 is 1.00 bits per heavy atom. The fourth-order valence-corrected chi connectivity index (χ4v) is 3.74. The topological polar surface area (TPSA) is 127 Å². The van der Waals surface area contributed by atoms with Gasteiger partial charge < -0.3 is 24.7 Å². The number of hydrogen-bond donors (Lipinski definition) is 2. The summed E-state index contributed by atoms with van der Waals surface area (Å²) in [6.45, 7) is 1.73. The summed E-state index contributed by atoms with van der Waals surface area (Å²) in [5, 5.41) is 5.64. The first-order chi connectivity index (χ1) is 17.1. The molecular weight excluding hydrogens is 450 g/mol. The molecule has 2 aromatic heterocycles. The second kappa shape index (κ2) is 11.8. The average Bonchev–Trinajstić information content (AvgIpc) is 3.42. The summed E-state index contributed by atoms with van der Waals surface area (Å²) in [4.78, 5) is 47.8. The van der Waals surface area contributed by atoms with Gasteiger partial charge in [0.15, 0.2) is 23.6 Å². The first kappa shape index (κ1) is 23.9. The number of aromatic nitrogens is 2. The van der Waals surface area contributed by atoms with E-state index in [2.05, 4.69) is 20.6 Å². The van der Waals surface area contributed by atoms with Crippen LogP contribution < -0.4 is 15.4 Å². The van der Waals surface area contributed by atoms with Crippen LogP contribution in [0.3, 0.4) is 0 Å². The zero-order valence-corrected chi connectivity index (χ0v) is 19.2. The minimum absolute atomic E-state index is 0.117. The SMILES string of the molecule is O=C1CCCN(C(=O)c2ccc(-c3cnco3)cc2)CCCNC(=O)c2ncccc2OCCN1. The van der Waals surface area contributed by atoms with Crippen LogP contribution in [-0.2, 0) is 4.79 Å². The molecule has 2 N–H and O–H groups in total. The first-order valence-electron chi connectivity index (χ1n) is 11.5. The van der Waals surface area contributed by atoms with Gasteiger partial charge in [-0.15, -0.1) is 0 Å². The molecular formula is C25H27N5O5. The summed E-state index contributed by atoms with van der Waals surface area (Å²) >= 11 is 0. The molecule has 0 atom stereocenters. The number of carbonyl (C=O) groups excluding carboxylic acids is 3. The molecule has 3 heterocycles. The van der Waals surface area contributed by atoms with E-state index in [1.807, 2.05) is 12.1 Å². The standard InChI is InChI=1S/C25H27N5O5/c31-22-5-2-13-30(25(33)19-8-6-18(7-9-19)21-16-26-17-35-21)14-3-11-29-24(32)23-20(4-1-10-28-23)34-15-12-27-22/h1,4,6-10,16-17H,2-3,5,11-15H2,(H,27,31)(H,29,32). The molecule has 1 aliphatic rings. The lowest BCUT2D eigenvalue weighted by molar-refractivity contribution is -0.121. The lowest BCUT2D eigenvalue weighted by Gasteiger charge is -2.23. The summed E-state index contributed by atoms with van der Waals surface area (Å²) in [6, 6.07) is 10.5. The van der Waals surface area contributed by atoms with Crippen LogP contribution >= 0.6 is 0 Å². The minimum Gasteiger partial charge on any atom is -0.489 e. The highest BCUT2D eigenvalue weighted by atomic mass is 16.5. The van der Waals surface area contributed by atoms with Crippen molar-refractivity contribution in [3.63, 3.8) is 0 Å². The number of carbonyl (C=O) groups is 3. The van der Waals surface area contributed by atoms with E-state index in [4.69, 9.17) is 9.15 Å². The monoisotopic (exact) mass is 477 g/mol. The van der Waals surface area contributed by atoms with E-state index in [1.54, 1.807) is 35.4 Å². The number of hydrogen-bond acceptors (Lipinski definition) is 7. The van der Waals surface area contributed by atoms with Gasteiger partial charge in [-0.1, -0.05) is 12.1 Å². The van der Waals surface area contributed by atoms with E-state index in [9.17, 15) is 14.4 Å². The zero-order chi connectivity index (χ0) is 24.5. The van der Waals surface area contributed by atoms with Gasteiger partial charge in [0.2, 0.25) is 5.91 Å². The van der Waals surface area contributed by atoms with Crippen LogP contribution in [0.4, 0.5) is 0 Å². The molecule has 10 heteroatoms. The molecule has 10 nitrogen and oxygen atoms in total. The quantitative estimate of drug-likeness (QED) is 0.580. The number of oxazole rings is 1. The Kier molecular flexibility index (Phi) is 8.05. The fourth-order valence-electron chi connectivity index (χ4n) is 3.74. The molecule has 0 unspecified atom stereocenters. The summed E-state index contributed by atoms with van der Waals surface area (Å²) in [6.07, 6.45) is 5.85. The average molecular weight is 478 g/mol. The number of ether oxygens (including phenoxy) is 1. The Morgan fingerprint density at radius 3 is 2.63 bits per heavy atom. The smallest absolute Gasteiger partial charge is 0.273 e. The van der Waals surface area contributed by atoms with Crippen molar-refractivity contribution < 1.29 is 23.5 Å². The van der Waals surface area contributed by atoms with E-state index < -0.39 is 0 Å². The van der Waals surface area contributed by atoms with Crippen LogP contribution in [0, 0.1) is 0 Å². The predicted octanol–water partition coefficient (Wildman–Crippen LogP) is 2.29.